The Morgan fingerprint density at radius 1 is 1.06 bits per heavy atom. The van der Waals surface area contributed by atoms with Crippen LogP contribution in [0.25, 0.3) is 11.1 Å². The van der Waals surface area contributed by atoms with E-state index in [1.165, 1.54) is 0 Å². The number of halogens is 3. The number of carbonyl (C=O) groups is 3. The van der Waals surface area contributed by atoms with Gasteiger partial charge in [-0.05, 0) is 34.6 Å². The van der Waals surface area contributed by atoms with E-state index in [0.29, 0.717) is 0 Å². The zero-order valence-corrected chi connectivity index (χ0v) is 19.2. The number of ether oxygens (including phenoxy) is 1. The first-order valence-corrected chi connectivity index (χ1v) is 11.2. The van der Waals surface area contributed by atoms with E-state index in [9.17, 15) is 27.6 Å². The molecule has 7 nitrogen and oxygen atoms in total. The number of benzene rings is 2. The lowest BCUT2D eigenvalue weighted by Gasteiger charge is -2.23. The van der Waals surface area contributed by atoms with E-state index in [4.69, 9.17) is 9.84 Å². The molecule has 0 spiro atoms. The molecule has 3 rings (SSSR count). The third kappa shape index (κ3) is 7.21. The number of fused-ring (bicyclic) bond motifs is 3. The number of carbonyl (C=O) groups excluding carboxylic acids is 2. The van der Waals surface area contributed by atoms with Gasteiger partial charge >= 0.3 is 18.2 Å². The fraction of sp³-hybridized carbons (Fsp3) is 0.400. The van der Waals surface area contributed by atoms with Crippen LogP contribution in [0, 0.1) is 5.92 Å². The average Bonchev–Trinajstić information content (AvgIpc) is 3.12. The van der Waals surface area contributed by atoms with Gasteiger partial charge in [-0.3, -0.25) is 9.59 Å². The second-order valence-corrected chi connectivity index (χ2v) is 8.61. The van der Waals surface area contributed by atoms with Crippen molar-refractivity contribution in [2.24, 2.45) is 5.92 Å². The van der Waals surface area contributed by atoms with Crippen molar-refractivity contribution in [3.63, 3.8) is 0 Å². The minimum absolute atomic E-state index is 0.0861. The molecule has 10 heteroatoms. The van der Waals surface area contributed by atoms with Crippen LogP contribution in [0.4, 0.5) is 18.0 Å². The molecule has 2 aromatic carbocycles. The van der Waals surface area contributed by atoms with Crippen molar-refractivity contribution in [1.82, 2.24) is 10.2 Å². The van der Waals surface area contributed by atoms with Crippen LogP contribution >= 0.6 is 0 Å². The van der Waals surface area contributed by atoms with E-state index in [-0.39, 0.29) is 42.7 Å². The number of alkyl halides is 3. The van der Waals surface area contributed by atoms with Gasteiger partial charge in [0.05, 0.1) is 0 Å². The Morgan fingerprint density at radius 2 is 1.63 bits per heavy atom. The monoisotopic (exact) mass is 492 g/mol. The highest BCUT2D eigenvalue weighted by Crippen LogP contribution is 2.44. The number of nitrogens with zero attached hydrogens (tertiary/aromatic N) is 1. The first-order chi connectivity index (χ1) is 16.5. The molecule has 0 bridgehead atoms. The summed E-state index contributed by atoms with van der Waals surface area (Å²) in [4.78, 5) is 35.4. The molecule has 35 heavy (non-hydrogen) atoms. The summed E-state index contributed by atoms with van der Waals surface area (Å²) >= 11 is 0. The van der Waals surface area contributed by atoms with Crippen molar-refractivity contribution in [2.75, 3.05) is 26.2 Å². The van der Waals surface area contributed by atoms with Crippen LogP contribution in [-0.2, 0) is 14.3 Å². The summed E-state index contributed by atoms with van der Waals surface area (Å²) in [5, 5.41) is 11.4. The third-order valence-electron chi connectivity index (χ3n) is 5.84. The minimum Gasteiger partial charge on any atom is -0.480 e. The van der Waals surface area contributed by atoms with Gasteiger partial charge in [-0.1, -0.05) is 55.5 Å². The molecule has 1 atom stereocenters. The molecule has 1 unspecified atom stereocenters. The lowest BCUT2D eigenvalue weighted by atomic mass is 9.98. The zero-order valence-electron chi connectivity index (χ0n) is 19.2. The molecule has 188 valence electrons. The summed E-state index contributed by atoms with van der Waals surface area (Å²) in [7, 11) is 0. The topological polar surface area (TPSA) is 95.9 Å². The second kappa shape index (κ2) is 11.2. The quantitative estimate of drug-likeness (QED) is 0.512. The molecule has 1 aliphatic rings. The Morgan fingerprint density at radius 3 is 2.17 bits per heavy atom. The summed E-state index contributed by atoms with van der Waals surface area (Å²) in [6, 6.07) is 15.9. The maximum Gasteiger partial charge on any atom is 0.407 e. The predicted octanol–water partition coefficient (Wildman–Crippen LogP) is 4.42. The largest absolute Gasteiger partial charge is 0.480 e. The van der Waals surface area contributed by atoms with E-state index in [1.807, 2.05) is 48.5 Å². The fourth-order valence-corrected chi connectivity index (χ4v) is 4.15. The number of hydrogen-bond donors (Lipinski definition) is 2. The molecule has 0 aliphatic heterocycles. The lowest BCUT2D eigenvalue weighted by Crippen LogP contribution is -2.42. The Hall–Kier alpha value is -3.56. The van der Waals surface area contributed by atoms with E-state index in [2.05, 4.69) is 5.32 Å². The number of amides is 2. The van der Waals surface area contributed by atoms with Crippen molar-refractivity contribution >= 4 is 18.0 Å². The SMILES string of the molecule is CC(CCC(=O)N(CC(=O)O)CC(F)(F)F)CNC(=O)OCC1c2ccccc2-c2ccccc21. The smallest absolute Gasteiger partial charge is 0.407 e. The molecule has 0 saturated carbocycles. The lowest BCUT2D eigenvalue weighted by molar-refractivity contribution is -0.165. The summed E-state index contributed by atoms with van der Waals surface area (Å²) in [6.07, 6.45) is -5.41. The normalized spacial score (nSPS) is 13.5. The molecule has 0 fully saturated rings. The molecule has 0 radical (unpaired) electrons. The van der Waals surface area contributed by atoms with Gasteiger partial charge in [-0.15, -0.1) is 0 Å². The number of carboxylic acid groups (broad SMARTS) is 1. The van der Waals surface area contributed by atoms with Crippen molar-refractivity contribution in [3.8, 4) is 11.1 Å². The van der Waals surface area contributed by atoms with Crippen LogP contribution in [-0.4, -0.2) is 60.4 Å². The fourth-order valence-electron chi connectivity index (χ4n) is 4.15. The number of carboxylic acids is 1. The van der Waals surface area contributed by atoms with Gasteiger partial charge < -0.3 is 20.1 Å². The highest BCUT2D eigenvalue weighted by atomic mass is 19.4. The predicted molar refractivity (Wildman–Crippen MR) is 122 cm³/mol. The highest BCUT2D eigenvalue weighted by Gasteiger charge is 2.34. The molecule has 1 aliphatic carbocycles. The molecule has 2 amide bonds. The summed E-state index contributed by atoms with van der Waals surface area (Å²) < 4.78 is 43.3. The van der Waals surface area contributed by atoms with Crippen molar-refractivity contribution in [1.29, 1.82) is 0 Å². The number of nitrogens with one attached hydrogen (secondary N) is 1. The number of rotatable bonds is 10. The van der Waals surface area contributed by atoms with E-state index in [1.54, 1.807) is 6.92 Å². The molecular formula is C25H27F3N2O5. The molecular weight excluding hydrogens is 465 g/mol. The van der Waals surface area contributed by atoms with E-state index >= 15 is 0 Å². The molecule has 0 heterocycles. The molecule has 2 N–H and O–H groups in total. The average molecular weight is 492 g/mol. The first-order valence-electron chi connectivity index (χ1n) is 11.2. The van der Waals surface area contributed by atoms with E-state index < -0.39 is 37.2 Å². The highest BCUT2D eigenvalue weighted by molar-refractivity contribution is 5.81. The van der Waals surface area contributed by atoms with Crippen molar-refractivity contribution in [2.45, 2.75) is 31.9 Å². The van der Waals surface area contributed by atoms with Crippen LogP contribution in [0.5, 0.6) is 0 Å². The second-order valence-electron chi connectivity index (χ2n) is 8.61. The van der Waals surface area contributed by atoms with Crippen LogP contribution in [0.3, 0.4) is 0 Å². The zero-order chi connectivity index (χ0) is 25.6. The summed E-state index contributed by atoms with van der Waals surface area (Å²) in [6.45, 7) is -0.617. The van der Waals surface area contributed by atoms with Gasteiger partial charge in [-0.25, -0.2) is 4.79 Å². The van der Waals surface area contributed by atoms with Gasteiger partial charge in [0.15, 0.2) is 0 Å². The molecule has 0 aromatic heterocycles. The summed E-state index contributed by atoms with van der Waals surface area (Å²) in [5.74, 6) is -2.75. The van der Waals surface area contributed by atoms with Gasteiger partial charge in [0.2, 0.25) is 5.91 Å². The van der Waals surface area contributed by atoms with Crippen LogP contribution in [0.2, 0.25) is 0 Å². The van der Waals surface area contributed by atoms with Crippen LogP contribution < -0.4 is 5.32 Å². The molecule has 2 aromatic rings. The Bertz CT molecular complexity index is 1030. The Balaban J connectivity index is 1.45. The number of alkyl carbamates (subject to hydrolysis) is 1. The van der Waals surface area contributed by atoms with Gasteiger partial charge in [0, 0.05) is 18.9 Å². The Kier molecular flexibility index (Phi) is 8.37. The van der Waals surface area contributed by atoms with Crippen LogP contribution in [0.1, 0.15) is 36.8 Å². The van der Waals surface area contributed by atoms with Crippen molar-refractivity contribution < 1.29 is 37.4 Å². The van der Waals surface area contributed by atoms with Gasteiger partial charge in [-0.2, -0.15) is 13.2 Å². The first kappa shape index (κ1) is 26.1. The third-order valence-corrected chi connectivity index (χ3v) is 5.84. The van der Waals surface area contributed by atoms with Crippen LogP contribution in [0.15, 0.2) is 48.5 Å². The summed E-state index contributed by atoms with van der Waals surface area (Å²) in [5.41, 5.74) is 4.38. The van der Waals surface area contributed by atoms with E-state index in [0.717, 1.165) is 22.3 Å². The maximum atomic E-state index is 12.6. The molecule has 0 saturated heterocycles. The van der Waals surface area contributed by atoms with Gasteiger partial charge in [0.25, 0.3) is 0 Å². The minimum atomic E-state index is -4.69. The standard InChI is InChI=1S/C25H27F3N2O5/c1-16(10-11-22(31)30(13-23(32)33)15-25(26,27)28)12-29-24(34)35-14-21-19-8-4-2-6-17(19)18-7-3-5-9-20(18)21/h2-9,16,21H,10-15H2,1H3,(H,29,34)(H,32,33). The Labute approximate surface area is 200 Å². The number of aliphatic carboxylic acids is 1. The maximum absolute atomic E-state index is 12.6. The number of hydrogen-bond acceptors (Lipinski definition) is 4. The van der Waals surface area contributed by atoms with Crippen molar-refractivity contribution in [3.05, 3.63) is 59.7 Å². The van der Waals surface area contributed by atoms with Gasteiger partial charge in [0.1, 0.15) is 19.7 Å².